The molecule has 0 aliphatic heterocycles. The molecule has 2 heteroatoms. The van der Waals surface area contributed by atoms with Gasteiger partial charge < -0.3 is 10.8 Å². The van der Waals surface area contributed by atoms with E-state index in [1.54, 1.807) is 0 Å². The molecule has 3 N–H and O–H groups in total. The van der Waals surface area contributed by atoms with E-state index in [1.807, 2.05) is 6.92 Å². The molecule has 0 radical (unpaired) electrons. The zero-order valence-corrected chi connectivity index (χ0v) is 5.22. The van der Waals surface area contributed by atoms with Crippen molar-refractivity contribution in [2.24, 2.45) is 5.73 Å². The van der Waals surface area contributed by atoms with Crippen molar-refractivity contribution in [1.29, 1.82) is 0 Å². The molecule has 0 rings (SSSR count). The molecule has 1 unspecified atom stereocenters. The van der Waals surface area contributed by atoms with Gasteiger partial charge in [-0.15, -0.1) is 0 Å². The van der Waals surface area contributed by atoms with Crippen LogP contribution in [0.25, 0.3) is 0 Å². The molecule has 48 valence electrons. The second-order valence-corrected chi connectivity index (χ2v) is 1.89. The highest BCUT2D eigenvalue weighted by Crippen LogP contribution is 1.98. The van der Waals surface area contributed by atoms with Gasteiger partial charge in [-0.25, -0.2) is 0 Å². The smallest absolute Gasteiger partial charge is 0.102 e. The lowest BCUT2D eigenvalue weighted by atomic mass is 10.1. The van der Waals surface area contributed by atoms with E-state index in [-0.39, 0.29) is 11.8 Å². The van der Waals surface area contributed by atoms with Gasteiger partial charge in [0.2, 0.25) is 0 Å². The van der Waals surface area contributed by atoms with Crippen LogP contribution in [0.2, 0.25) is 0 Å². The van der Waals surface area contributed by atoms with Gasteiger partial charge in [-0.2, -0.15) is 0 Å². The van der Waals surface area contributed by atoms with Crippen molar-refractivity contribution < 1.29 is 5.11 Å². The summed E-state index contributed by atoms with van der Waals surface area (Å²) in [5.74, 6) is 0.0897. The molecule has 0 saturated carbocycles. The summed E-state index contributed by atoms with van der Waals surface area (Å²) in [5, 5.41) is 8.63. The zero-order chi connectivity index (χ0) is 6.57. The van der Waals surface area contributed by atoms with Gasteiger partial charge in [0, 0.05) is 0 Å². The number of aliphatic hydroxyl groups excluding tert-OH is 1. The maximum absolute atomic E-state index is 8.63. The Morgan fingerprint density at radius 3 is 2.50 bits per heavy atom. The number of nitrogens with two attached hydrogens (primary N) is 1. The second-order valence-electron chi connectivity index (χ2n) is 1.89. The highest BCUT2D eigenvalue weighted by molar-refractivity contribution is 4.91. The van der Waals surface area contributed by atoms with Gasteiger partial charge in [-0.05, 0) is 6.42 Å². The molecule has 1 atom stereocenters. The summed E-state index contributed by atoms with van der Waals surface area (Å²) in [4.78, 5) is 0. The largest absolute Gasteiger partial charge is 0.511 e. The van der Waals surface area contributed by atoms with Gasteiger partial charge in [0.25, 0.3) is 0 Å². The molecule has 0 heterocycles. The first-order valence-electron chi connectivity index (χ1n) is 2.81. The Labute approximate surface area is 50.0 Å². The minimum atomic E-state index is -0.222. The van der Waals surface area contributed by atoms with Crippen molar-refractivity contribution in [3.05, 3.63) is 12.3 Å². The van der Waals surface area contributed by atoms with Crippen molar-refractivity contribution in [2.45, 2.75) is 25.8 Å². The average Bonchev–Trinajstić information content (AvgIpc) is 1.67. The Morgan fingerprint density at radius 1 is 1.88 bits per heavy atom. The first-order chi connectivity index (χ1) is 3.68. The molecule has 0 amide bonds. The van der Waals surface area contributed by atoms with Crippen LogP contribution in [0, 0.1) is 0 Å². The van der Waals surface area contributed by atoms with E-state index in [9.17, 15) is 0 Å². The molecule has 8 heavy (non-hydrogen) atoms. The number of aliphatic hydroxyl groups is 1. The molecule has 0 aliphatic rings. The van der Waals surface area contributed by atoms with Gasteiger partial charge >= 0.3 is 0 Å². The van der Waals surface area contributed by atoms with Crippen LogP contribution in [-0.4, -0.2) is 11.1 Å². The number of hydrogen-bond donors (Lipinski definition) is 2. The molecule has 0 spiro atoms. The normalized spacial score (nSPS) is 13.2. The topological polar surface area (TPSA) is 46.2 Å². The predicted octanol–water partition coefficient (Wildman–Crippen LogP) is 1.19. The summed E-state index contributed by atoms with van der Waals surface area (Å²) in [5.41, 5.74) is 5.38. The van der Waals surface area contributed by atoms with E-state index in [0.29, 0.717) is 0 Å². The monoisotopic (exact) mass is 115 g/mol. The minimum absolute atomic E-state index is 0.0897. The van der Waals surface area contributed by atoms with Crippen LogP contribution in [0.4, 0.5) is 0 Å². The lowest BCUT2D eigenvalue weighted by Gasteiger charge is -2.05. The van der Waals surface area contributed by atoms with Gasteiger partial charge in [-0.3, -0.25) is 0 Å². The third-order valence-electron chi connectivity index (χ3n) is 1.03. The van der Waals surface area contributed by atoms with Crippen molar-refractivity contribution in [3.8, 4) is 0 Å². The van der Waals surface area contributed by atoms with Crippen LogP contribution in [0.3, 0.4) is 0 Å². The summed E-state index contributed by atoms with van der Waals surface area (Å²) >= 11 is 0. The summed E-state index contributed by atoms with van der Waals surface area (Å²) in [6.07, 6.45) is 1.80. The summed E-state index contributed by atoms with van der Waals surface area (Å²) in [7, 11) is 0. The maximum atomic E-state index is 8.63. The molecular weight excluding hydrogens is 102 g/mol. The van der Waals surface area contributed by atoms with Gasteiger partial charge in [0.1, 0.15) is 5.76 Å². The molecule has 0 aromatic rings. The molecule has 0 aliphatic carbocycles. The van der Waals surface area contributed by atoms with Crippen LogP contribution in [-0.2, 0) is 0 Å². The highest BCUT2D eigenvalue weighted by atomic mass is 16.3. The number of rotatable bonds is 3. The Hall–Kier alpha value is -0.500. The van der Waals surface area contributed by atoms with Crippen molar-refractivity contribution in [3.63, 3.8) is 0 Å². The fourth-order valence-corrected chi connectivity index (χ4v) is 0.478. The third kappa shape index (κ3) is 2.64. The standard InChI is InChI=1S/C6H13NO/c1-3-4-6(7)5(2)8/h6,8H,2-4,7H2,1H3. The summed E-state index contributed by atoms with van der Waals surface area (Å²) < 4.78 is 0. The van der Waals surface area contributed by atoms with E-state index in [1.165, 1.54) is 0 Å². The fourth-order valence-electron chi connectivity index (χ4n) is 0.478. The molecule has 0 fully saturated rings. The first-order valence-corrected chi connectivity index (χ1v) is 2.81. The Bertz CT molecular complexity index is 80.6. The van der Waals surface area contributed by atoms with Crippen molar-refractivity contribution >= 4 is 0 Å². The quantitative estimate of drug-likeness (QED) is 0.542. The average molecular weight is 115 g/mol. The van der Waals surface area contributed by atoms with Crippen LogP contribution in [0.1, 0.15) is 19.8 Å². The summed E-state index contributed by atoms with van der Waals surface area (Å²) in [6, 6.07) is -0.222. The minimum Gasteiger partial charge on any atom is -0.511 e. The predicted molar refractivity (Wildman–Crippen MR) is 34.7 cm³/mol. The van der Waals surface area contributed by atoms with Crippen LogP contribution >= 0.6 is 0 Å². The Balaban J connectivity index is 3.32. The van der Waals surface area contributed by atoms with Gasteiger partial charge in [0.05, 0.1) is 6.04 Å². The van der Waals surface area contributed by atoms with Crippen LogP contribution < -0.4 is 5.73 Å². The zero-order valence-electron chi connectivity index (χ0n) is 5.22. The molecule has 2 nitrogen and oxygen atoms in total. The number of hydrogen-bond acceptors (Lipinski definition) is 2. The van der Waals surface area contributed by atoms with E-state index in [2.05, 4.69) is 6.58 Å². The van der Waals surface area contributed by atoms with Crippen molar-refractivity contribution in [2.75, 3.05) is 0 Å². The van der Waals surface area contributed by atoms with Gasteiger partial charge in [0.15, 0.2) is 0 Å². The van der Waals surface area contributed by atoms with E-state index < -0.39 is 0 Å². The maximum Gasteiger partial charge on any atom is 0.102 e. The SMILES string of the molecule is C=C(O)C(N)CCC. The molecule has 0 aromatic heterocycles. The highest BCUT2D eigenvalue weighted by Gasteiger charge is 2.01. The molecule has 0 bridgehead atoms. The van der Waals surface area contributed by atoms with Crippen LogP contribution in [0.15, 0.2) is 12.3 Å². The molecule has 0 saturated heterocycles. The fraction of sp³-hybridized carbons (Fsp3) is 0.667. The lowest BCUT2D eigenvalue weighted by Crippen LogP contribution is -2.21. The molecule has 0 aromatic carbocycles. The first kappa shape index (κ1) is 7.50. The van der Waals surface area contributed by atoms with Crippen LogP contribution in [0.5, 0.6) is 0 Å². The Morgan fingerprint density at radius 2 is 2.38 bits per heavy atom. The Kier molecular flexibility index (Phi) is 3.28. The van der Waals surface area contributed by atoms with E-state index in [0.717, 1.165) is 12.8 Å². The second kappa shape index (κ2) is 3.50. The molecular formula is C6H13NO. The third-order valence-corrected chi connectivity index (χ3v) is 1.03. The lowest BCUT2D eigenvalue weighted by molar-refractivity contribution is 0.361. The van der Waals surface area contributed by atoms with E-state index in [4.69, 9.17) is 10.8 Å². The van der Waals surface area contributed by atoms with Gasteiger partial charge in [-0.1, -0.05) is 19.9 Å². The van der Waals surface area contributed by atoms with E-state index >= 15 is 0 Å². The van der Waals surface area contributed by atoms with Crippen molar-refractivity contribution in [1.82, 2.24) is 0 Å². The summed E-state index contributed by atoms with van der Waals surface area (Å²) in [6.45, 7) is 5.32.